The minimum Gasteiger partial charge on any atom is -0.385 e. The number of hydrogen-bond donors (Lipinski definition) is 2. The Morgan fingerprint density at radius 2 is 2.19 bits per heavy atom. The zero-order valence-electron chi connectivity index (χ0n) is 14.8. The van der Waals surface area contributed by atoms with Crippen molar-refractivity contribution in [1.29, 1.82) is 0 Å². The molecule has 0 fully saturated rings. The van der Waals surface area contributed by atoms with Gasteiger partial charge in [-0.05, 0) is 36.6 Å². The third kappa shape index (κ3) is 3.08. The largest absolute Gasteiger partial charge is 0.385 e. The molecule has 0 aliphatic carbocycles. The minimum atomic E-state index is -3.35. The molecule has 2 aliphatic rings. The van der Waals surface area contributed by atoms with Gasteiger partial charge in [-0.25, -0.2) is 12.8 Å². The maximum atomic E-state index is 13.7. The van der Waals surface area contributed by atoms with Crippen molar-refractivity contribution in [2.75, 3.05) is 30.4 Å². The van der Waals surface area contributed by atoms with E-state index in [0.29, 0.717) is 42.8 Å². The Morgan fingerprint density at radius 1 is 1.41 bits per heavy atom. The third-order valence-electron chi connectivity index (χ3n) is 5.16. The first kappa shape index (κ1) is 17.9. The smallest absolute Gasteiger partial charge is 0.256 e. The first-order valence-electron chi connectivity index (χ1n) is 8.64. The number of nitrogens with one attached hydrogen (secondary N) is 1. The molecular formula is C17H20FN5O3S. The van der Waals surface area contributed by atoms with E-state index in [4.69, 9.17) is 5.73 Å². The highest BCUT2D eigenvalue weighted by Gasteiger charge is 2.33. The number of sulfonamides is 1. The summed E-state index contributed by atoms with van der Waals surface area (Å²) in [7, 11) is -3.35. The third-order valence-corrected chi connectivity index (χ3v) is 6.41. The van der Waals surface area contributed by atoms with Gasteiger partial charge < -0.3 is 11.1 Å². The normalized spacial score (nSPS) is 19.9. The van der Waals surface area contributed by atoms with Gasteiger partial charge >= 0.3 is 0 Å². The zero-order chi connectivity index (χ0) is 19.3. The number of nitrogens with two attached hydrogens (primary N) is 1. The van der Waals surface area contributed by atoms with Crippen molar-refractivity contribution in [1.82, 2.24) is 14.1 Å². The van der Waals surface area contributed by atoms with Crippen LogP contribution in [-0.4, -0.2) is 47.8 Å². The number of halogens is 1. The Morgan fingerprint density at radius 3 is 2.93 bits per heavy atom. The Hall–Kier alpha value is -2.46. The quantitative estimate of drug-likeness (QED) is 0.792. The Kier molecular flexibility index (Phi) is 4.19. The average molecular weight is 393 g/mol. The van der Waals surface area contributed by atoms with Crippen molar-refractivity contribution in [3.8, 4) is 0 Å². The van der Waals surface area contributed by atoms with Crippen molar-refractivity contribution in [3.05, 3.63) is 40.8 Å². The highest BCUT2D eigenvalue weighted by atomic mass is 32.2. The van der Waals surface area contributed by atoms with Crippen LogP contribution in [-0.2, 0) is 23.0 Å². The predicted octanol–water partition coefficient (Wildman–Crippen LogP) is 1.16. The highest BCUT2D eigenvalue weighted by molar-refractivity contribution is 7.88. The first-order chi connectivity index (χ1) is 12.8. The van der Waals surface area contributed by atoms with Crippen LogP contribution in [0.3, 0.4) is 0 Å². The van der Waals surface area contributed by atoms with Gasteiger partial charge in [0.15, 0.2) is 0 Å². The second-order valence-electron chi connectivity index (χ2n) is 6.91. The lowest BCUT2D eigenvalue weighted by Gasteiger charge is -2.25. The molecule has 2 aliphatic heterocycles. The van der Waals surface area contributed by atoms with E-state index in [0.717, 1.165) is 16.6 Å². The summed E-state index contributed by atoms with van der Waals surface area (Å²) in [5.41, 5.74) is 8.66. The Bertz CT molecular complexity index is 1030. The number of carbonyl (C=O) groups excluding carboxylic acids is 1. The zero-order valence-corrected chi connectivity index (χ0v) is 15.6. The molecular weight excluding hydrogens is 373 g/mol. The molecule has 0 amide bonds. The summed E-state index contributed by atoms with van der Waals surface area (Å²) in [5, 5.41) is 7.47. The van der Waals surface area contributed by atoms with E-state index < -0.39 is 21.8 Å². The van der Waals surface area contributed by atoms with Crippen LogP contribution in [0.5, 0.6) is 0 Å². The van der Waals surface area contributed by atoms with Gasteiger partial charge in [0.25, 0.3) is 5.91 Å². The van der Waals surface area contributed by atoms with E-state index >= 15 is 0 Å². The summed E-state index contributed by atoms with van der Waals surface area (Å²) >= 11 is 0. The van der Waals surface area contributed by atoms with Gasteiger partial charge in [0.2, 0.25) is 10.0 Å². The topological polar surface area (TPSA) is 110 Å². The summed E-state index contributed by atoms with van der Waals surface area (Å²) < 4.78 is 39.7. The molecule has 0 bridgehead atoms. The van der Waals surface area contributed by atoms with Gasteiger partial charge in [-0.2, -0.15) is 14.1 Å². The summed E-state index contributed by atoms with van der Waals surface area (Å²) in [6.07, 6.45) is 2.04. The van der Waals surface area contributed by atoms with Crippen LogP contribution in [0.25, 0.3) is 0 Å². The number of carbonyl (C=O) groups is 1. The summed E-state index contributed by atoms with van der Waals surface area (Å²) in [6.45, 7) is 0.977. The van der Waals surface area contributed by atoms with Crippen LogP contribution >= 0.6 is 0 Å². The molecule has 0 saturated heterocycles. The molecule has 10 heteroatoms. The lowest BCUT2D eigenvalue weighted by molar-refractivity contribution is 0.0859. The number of benzene rings is 1. The lowest BCUT2D eigenvalue weighted by atomic mass is 9.90. The van der Waals surface area contributed by atoms with Crippen molar-refractivity contribution in [2.24, 2.45) is 0 Å². The van der Waals surface area contributed by atoms with Crippen molar-refractivity contribution in [2.45, 2.75) is 25.3 Å². The Balaban J connectivity index is 1.69. The molecule has 4 rings (SSSR count). The highest BCUT2D eigenvalue weighted by Crippen LogP contribution is 2.35. The summed E-state index contributed by atoms with van der Waals surface area (Å²) in [5.74, 6) is -1.07. The molecule has 0 unspecified atom stereocenters. The maximum absolute atomic E-state index is 13.7. The van der Waals surface area contributed by atoms with E-state index in [2.05, 4.69) is 10.4 Å². The van der Waals surface area contributed by atoms with Gasteiger partial charge in [-0.1, -0.05) is 0 Å². The summed E-state index contributed by atoms with van der Waals surface area (Å²) in [4.78, 5) is 13.1. The predicted molar refractivity (Wildman–Crippen MR) is 98.5 cm³/mol. The Labute approximate surface area is 156 Å². The average Bonchev–Trinajstić information content (AvgIpc) is 2.96. The second kappa shape index (κ2) is 6.31. The van der Waals surface area contributed by atoms with E-state index in [9.17, 15) is 17.6 Å². The molecule has 1 aromatic carbocycles. The number of nitrogens with zero attached hydrogens (tertiary/aromatic N) is 3. The van der Waals surface area contributed by atoms with E-state index in [1.807, 2.05) is 0 Å². The van der Waals surface area contributed by atoms with Gasteiger partial charge in [-0.3, -0.25) is 4.79 Å². The molecule has 8 nitrogen and oxygen atoms in total. The van der Waals surface area contributed by atoms with Crippen LogP contribution in [0.1, 0.15) is 34.0 Å². The molecule has 27 heavy (non-hydrogen) atoms. The first-order valence-corrected chi connectivity index (χ1v) is 10.5. The van der Waals surface area contributed by atoms with Crippen molar-refractivity contribution >= 4 is 27.4 Å². The van der Waals surface area contributed by atoms with Gasteiger partial charge in [-0.15, -0.1) is 0 Å². The summed E-state index contributed by atoms with van der Waals surface area (Å²) in [6, 6.07) is 4.32. The molecule has 1 atom stereocenters. The van der Waals surface area contributed by atoms with Crippen molar-refractivity contribution in [3.63, 3.8) is 0 Å². The second-order valence-corrected chi connectivity index (χ2v) is 8.89. The number of hydrogen-bond acceptors (Lipinski definition) is 6. The molecule has 144 valence electrons. The van der Waals surface area contributed by atoms with Gasteiger partial charge in [0, 0.05) is 24.3 Å². The molecule has 3 N–H and O–H groups in total. The van der Waals surface area contributed by atoms with E-state index in [1.54, 1.807) is 6.07 Å². The maximum Gasteiger partial charge on any atom is 0.256 e. The van der Waals surface area contributed by atoms with E-state index in [1.165, 1.54) is 16.4 Å². The molecule has 2 aromatic rings. The number of anilines is 2. The van der Waals surface area contributed by atoms with Crippen LogP contribution in [0.15, 0.2) is 18.2 Å². The number of nitrogen functional groups attached to an aromatic ring is 1. The van der Waals surface area contributed by atoms with Gasteiger partial charge in [0.1, 0.15) is 11.6 Å². The number of aromatic nitrogens is 2. The number of fused-ring (bicyclic) bond motifs is 2. The molecule has 0 radical (unpaired) electrons. The minimum absolute atomic E-state index is 0.0933. The van der Waals surface area contributed by atoms with Crippen molar-refractivity contribution < 1.29 is 17.6 Å². The van der Waals surface area contributed by atoms with E-state index in [-0.39, 0.29) is 18.3 Å². The fourth-order valence-corrected chi connectivity index (χ4v) is 4.52. The number of rotatable bonds is 2. The molecule has 0 spiro atoms. The molecule has 3 heterocycles. The fraction of sp³-hybridized carbons (Fsp3) is 0.412. The van der Waals surface area contributed by atoms with Crippen LogP contribution in [0.4, 0.5) is 15.9 Å². The van der Waals surface area contributed by atoms with Gasteiger partial charge in [0.05, 0.1) is 24.4 Å². The van der Waals surface area contributed by atoms with Crippen LogP contribution in [0, 0.1) is 5.82 Å². The standard InChI is InChI=1S/C17H20FN5O3S/c1-27(25,26)22-7-5-12-15(9-22)21-23(16(12)19)17(24)11-4-6-20-14-3-2-10(18)8-13(11)14/h2-3,8,11,20H,4-7,9,19H2,1H3/t11-/m0/s1. The lowest BCUT2D eigenvalue weighted by Crippen LogP contribution is -2.35. The molecule has 0 saturated carbocycles. The van der Waals surface area contributed by atoms with Crippen LogP contribution < -0.4 is 11.1 Å². The van der Waals surface area contributed by atoms with Crippen LogP contribution in [0.2, 0.25) is 0 Å². The monoisotopic (exact) mass is 393 g/mol. The fourth-order valence-electron chi connectivity index (χ4n) is 3.74. The molecule has 1 aromatic heterocycles. The SMILES string of the molecule is CS(=O)(=O)N1CCc2c(nn(C(=O)[C@H]3CCNc4ccc(F)cc43)c2N)C1.